The number of fused-ring (bicyclic) bond motifs is 1. The third kappa shape index (κ3) is 3.45. The van der Waals surface area contributed by atoms with Gasteiger partial charge in [0.25, 0.3) is 0 Å². The minimum absolute atomic E-state index is 0.141. The van der Waals surface area contributed by atoms with E-state index >= 15 is 0 Å². The number of thiazole rings is 1. The number of nitrogens with zero attached hydrogens (tertiary/aromatic N) is 2. The minimum atomic E-state index is -0.283. The van der Waals surface area contributed by atoms with Crippen molar-refractivity contribution in [1.29, 1.82) is 0 Å². The lowest BCUT2D eigenvalue weighted by Gasteiger charge is -2.07. The first-order chi connectivity index (χ1) is 12.7. The number of halogens is 1. The average Bonchev–Trinajstić information content (AvgIpc) is 3.11. The van der Waals surface area contributed by atoms with E-state index in [1.807, 2.05) is 35.7 Å². The molecule has 4 nitrogen and oxygen atoms in total. The predicted molar refractivity (Wildman–Crippen MR) is 102 cm³/mol. The van der Waals surface area contributed by atoms with E-state index in [1.165, 1.54) is 23.5 Å². The molecule has 0 radical (unpaired) electrons. The first-order valence-electron chi connectivity index (χ1n) is 8.03. The van der Waals surface area contributed by atoms with Crippen LogP contribution in [0.3, 0.4) is 0 Å². The summed E-state index contributed by atoms with van der Waals surface area (Å²) in [5.41, 5.74) is 3.08. The van der Waals surface area contributed by atoms with Crippen LogP contribution in [0.2, 0.25) is 0 Å². The average molecular weight is 363 g/mol. The highest BCUT2D eigenvalue weighted by molar-refractivity contribution is 7.13. The van der Waals surface area contributed by atoms with E-state index in [2.05, 4.69) is 15.3 Å². The maximum absolute atomic E-state index is 13.0. The number of hydrogen-bond acceptors (Lipinski definition) is 4. The monoisotopic (exact) mass is 363 g/mol. The molecule has 0 saturated heterocycles. The fraction of sp³-hybridized carbons (Fsp3) is 0.0500. The lowest BCUT2D eigenvalue weighted by atomic mass is 10.1. The van der Waals surface area contributed by atoms with E-state index < -0.39 is 0 Å². The summed E-state index contributed by atoms with van der Waals surface area (Å²) in [6.07, 6.45) is 1.90. The predicted octanol–water partition coefficient (Wildman–Crippen LogP) is 4.68. The Balaban J connectivity index is 1.49. The van der Waals surface area contributed by atoms with Gasteiger partial charge in [0.2, 0.25) is 5.91 Å². The first kappa shape index (κ1) is 16.4. The molecule has 0 bridgehead atoms. The van der Waals surface area contributed by atoms with Crippen LogP contribution in [0.1, 0.15) is 5.69 Å². The number of rotatable bonds is 4. The van der Waals surface area contributed by atoms with Crippen LogP contribution >= 0.6 is 11.3 Å². The van der Waals surface area contributed by atoms with Crippen LogP contribution in [0.5, 0.6) is 0 Å². The summed E-state index contributed by atoms with van der Waals surface area (Å²) in [6.45, 7) is 0. The Morgan fingerprint density at radius 1 is 1.08 bits per heavy atom. The maximum Gasteiger partial charge on any atom is 0.230 e. The molecule has 4 rings (SSSR count). The van der Waals surface area contributed by atoms with E-state index in [4.69, 9.17) is 0 Å². The topological polar surface area (TPSA) is 54.9 Å². The molecule has 2 heterocycles. The van der Waals surface area contributed by atoms with Gasteiger partial charge in [-0.05, 0) is 48.5 Å². The van der Waals surface area contributed by atoms with Crippen molar-refractivity contribution < 1.29 is 9.18 Å². The van der Waals surface area contributed by atoms with Crippen LogP contribution < -0.4 is 5.32 Å². The molecule has 0 aliphatic heterocycles. The van der Waals surface area contributed by atoms with Crippen LogP contribution in [0.25, 0.3) is 21.5 Å². The van der Waals surface area contributed by atoms with Gasteiger partial charge in [0, 0.05) is 22.5 Å². The summed E-state index contributed by atoms with van der Waals surface area (Å²) >= 11 is 1.44. The summed E-state index contributed by atoms with van der Waals surface area (Å²) in [6, 6.07) is 15.5. The normalized spacial score (nSPS) is 10.8. The van der Waals surface area contributed by atoms with Crippen molar-refractivity contribution in [3.63, 3.8) is 0 Å². The van der Waals surface area contributed by atoms with Crippen LogP contribution in [-0.2, 0) is 11.2 Å². The third-order valence-corrected chi connectivity index (χ3v) is 4.84. The van der Waals surface area contributed by atoms with Gasteiger partial charge >= 0.3 is 0 Å². The molecular formula is C20H14FN3OS. The number of nitrogens with one attached hydrogen (secondary N) is 1. The van der Waals surface area contributed by atoms with Gasteiger partial charge < -0.3 is 5.32 Å². The Hall–Kier alpha value is -3.12. The summed E-state index contributed by atoms with van der Waals surface area (Å²) in [7, 11) is 0. The van der Waals surface area contributed by atoms with E-state index in [-0.39, 0.29) is 18.1 Å². The van der Waals surface area contributed by atoms with Crippen molar-refractivity contribution in [2.45, 2.75) is 6.42 Å². The molecule has 0 aliphatic carbocycles. The number of anilines is 1. The first-order valence-corrected chi connectivity index (χ1v) is 8.91. The van der Waals surface area contributed by atoms with Crippen LogP contribution in [0.15, 0.2) is 66.2 Å². The number of benzene rings is 2. The van der Waals surface area contributed by atoms with Crippen LogP contribution in [0.4, 0.5) is 10.1 Å². The highest BCUT2D eigenvalue weighted by atomic mass is 32.1. The second-order valence-corrected chi connectivity index (χ2v) is 6.61. The molecule has 0 aliphatic rings. The third-order valence-electron chi connectivity index (χ3n) is 3.90. The molecule has 128 valence electrons. The Morgan fingerprint density at radius 3 is 2.77 bits per heavy atom. The van der Waals surface area contributed by atoms with Gasteiger partial charge in [0.1, 0.15) is 10.8 Å². The van der Waals surface area contributed by atoms with E-state index in [0.717, 1.165) is 27.2 Å². The van der Waals surface area contributed by atoms with Crippen LogP contribution in [0, 0.1) is 5.82 Å². The molecule has 0 saturated carbocycles. The number of carbonyl (C=O) groups is 1. The summed E-state index contributed by atoms with van der Waals surface area (Å²) in [5.74, 6) is -0.424. The highest BCUT2D eigenvalue weighted by Crippen LogP contribution is 2.25. The highest BCUT2D eigenvalue weighted by Gasteiger charge is 2.11. The van der Waals surface area contributed by atoms with Crippen molar-refractivity contribution in [3.8, 4) is 10.6 Å². The zero-order valence-electron chi connectivity index (χ0n) is 13.6. The van der Waals surface area contributed by atoms with Gasteiger partial charge in [0.15, 0.2) is 0 Å². The lowest BCUT2D eigenvalue weighted by Crippen LogP contribution is -2.14. The van der Waals surface area contributed by atoms with E-state index in [9.17, 15) is 9.18 Å². The van der Waals surface area contributed by atoms with Gasteiger partial charge in [-0.1, -0.05) is 6.07 Å². The zero-order chi connectivity index (χ0) is 17.9. The summed E-state index contributed by atoms with van der Waals surface area (Å²) < 4.78 is 13.0. The van der Waals surface area contributed by atoms with Gasteiger partial charge in [0.05, 0.1) is 23.3 Å². The number of carbonyl (C=O) groups excluding carboxylic acids is 1. The summed E-state index contributed by atoms with van der Waals surface area (Å²) in [4.78, 5) is 21.2. The van der Waals surface area contributed by atoms with Crippen molar-refractivity contribution in [3.05, 3.63) is 77.7 Å². The Morgan fingerprint density at radius 2 is 1.92 bits per heavy atom. The Kier molecular flexibility index (Phi) is 4.41. The molecular weight excluding hydrogens is 349 g/mol. The number of pyridine rings is 1. The van der Waals surface area contributed by atoms with Crippen molar-refractivity contribution in [1.82, 2.24) is 9.97 Å². The van der Waals surface area contributed by atoms with E-state index in [0.29, 0.717) is 5.69 Å². The molecule has 1 amide bonds. The quantitative estimate of drug-likeness (QED) is 0.573. The van der Waals surface area contributed by atoms with Crippen molar-refractivity contribution in [2.75, 3.05) is 5.32 Å². The standard InChI is InChI=1S/C20H14FN3OS/c21-14-8-6-13(7-9-14)20-23-15(12-26-20)11-19(25)24-18-5-1-4-17-16(18)3-2-10-22-17/h1-10,12H,11H2,(H,24,25). The largest absolute Gasteiger partial charge is 0.325 e. The van der Waals surface area contributed by atoms with Gasteiger partial charge in [-0.2, -0.15) is 0 Å². The molecule has 1 N–H and O–H groups in total. The fourth-order valence-corrected chi connectivity index (χ4v) is 3.51. The molecule has 26 heavy (non-hydrogen) atoms. The number of amides is 1. The molecule has 0 fully saturated rings. The van der Waals surface area contributed by atoms with E-state index in [1.54, 1.807) is 18.3 Å². The zero-order valence-corrected chi connectivity index (χ0v) is 14.5. The molecule has 6 heteroatoms. The molecule has 0 spiro atoms. The Bertz CT molecular complexity index is 1070. The second kappa shape index (κ2) is 7.01. The lowest BCUT2D eigenvalue weighted by molar-refractivity contribution is -0.115. The Labute approximate surface area is 153 Å². The molecule has 2 aromatic carbocycles. The van der Waals surface area contributed by atoms with Gasteiger partial charge in [-0.25, -0.2) is 9.37 Å². The maximum atomic E-state index is 13.0. The fourth-order valence-electron chi connectivity index (χ4n) is 2.68. The van der Waals surface area contributed by atoms with Crippen molar-refractivity contribution >= 4 is 33.8 Å². The second-order valence-electron chi connectivity index (χ2n) is 5.75. The van der Waals surface area contributed by atoms with Gasteiger partial charge in [-0.15, -0.1) is 11.3 Å². The minimum Gasteiger partial charge on any atom is -0.325 e. The number of hydrogen-bond donors (Lipinski definition) is 1. The van der Waals surface area contributed by atoms with Crippen LogP contribution in [-0.4, -0.2) is 15.9 Å². The number of aromatic nitrogens is 2. The van der Waals surface area contributed by atoms with Gasteiger partial charge in [-0.3, -0.25) is 9.78 Å². The molecule has 4 aromatic rings. The molecule has 0 unspecified atom stereocenters. The summed E-state index contributed by atoms with van der Waals surface area (Å²) in [5, 5.41) is 6.44. The smallest absolute Gasteiger partial charge is 0.230 e. The molecule has 2 aromatic heterocycles. The SMILES string of the molecule is O=C(Cc1csc(-c2ccc(F)cc2)n1)Nc1cccc2ncccc12. The molecule has 0 atom stereocenters. The van der Waals surface area contributed by atoms with Crippen molar-refractivity contribution in [2.24, 2.45) is 0 Å².